The minimum Gasteiger partial charge on any atom is -0.326 e. The van der Waals surface area contributed by atoms with Gasteiger partial charge in [-0.1, -0.05) is 63.3 Å². The Morgan fingerprint density at radius 1 is 0.828 bits per heavy atom. The molecule has 5 nitrogen and oxygen atoms in total. The van der Waals surface area contributed by atoms with Crippen molar-refractivity contribution in [1.29, 1.82) is 0 Å². The summed E-state index contributed by atoms with van der Waals surface area (Å²) in [7, 11) is 2.02. The summed E-state index contributed by atoms with van der Waals surface area (Å²) in [5.41, 5.74) is 4.24. The van der Waals surface area contributed by atoms with Crippen LogP contribution in [-0.2, 0) is 13.6 Å². The average molecular weight is 388 g/mol. The molecule has 2 heterocycles. The number of fused-ring (bicyclic) bond motifs is 2. The fourth-order valence-corrected chi connectivity index (χ4v) is 3.83. The Bertz CT molecular complexity index is 1120. The molecule has 2 aromatic heterocycles. The lowest BCUT2D eigenvalue weighted by Crippen LogP contribution is -1.99. The van der Waals surface area contributed by atoms with E-state index in [2.05, 4.69) is 40.3 Å². The van der Waals surface area contributed by atoms with Crippen LogP contribution in [0, 0.1) is 0 Å². The molecule has 4 aromatic rings. The number of aliphatic imine (C=N–C) groups is 1. The molecular formula is C24H29N5. The van der Waals surface area contributed by atoms with Gasteiger partial charge in [0, 0.05) is 13.6 Å². The normalized spacial score (nSPS) is 11.9. The van der Waals surface area contributed by atoms with Gasteiger partial charge in [-0.25, -0.2) is 15.0 Å². The minimum absolute atomic E-state index is 0.756. The molecule has 0 spiro atoms. The lowest BCUT2D eigenvalue weighted by atomic mass is 10.1. The topological polar surface area (TPSA) is 48.0 Å². The van der Waals surface area contributed by atoms with E-state index in [1.165, 1.54) is 32.1 Å². The van der Waals surface area contributed by atoms with Gasteiger partial charge in [-0.05, 0) is 30.7 Å². The van der Waals surface area contributed by atoms with E-state index in [0.717, 1.165) is 46.8 Å². The minimum atomic E-state index is 0.756. The van der Waals surface area contributed by atoms with E-state index >= 15 is 0 Å². The Morgan fingerprint density at radius 3 is 2.24 bits per heavy atom. The van der Waals surface area contributed by atoms with Gasteiger partial charge in [0.25, 0.3) is 0 Å². The first kappa shape index (κ1) is 19.4. The van der Waals surface area contributed by atoms with Gasteiger partial charge in [-0.3, -0.25) is 0 Å². The molecule has 0 aliphatic rings. The van der Waals surface area contributed by atoms with Crippen LogP contribution in [0.1, 0.15) is 51.3 Å². The summed E-state index contributed by atoms with van der Waals surface area (Å²) in [4.78, 5) is 14.2. The molecular weight excluding hydrogens is 358 g/mol. The predicted octanol–water partition coefficient (Wildman–Crippen LogP) is 6.03. The summed E-state index contributed by atoms with van der Waals surface area (Å²) in [5, 5.41) is 0. The molecule has 4 rings (SSSR count). The number of imidazole rings is 2. The van der Waals surface area contributed by atoms with Crippen LogP contribution in [0.25, 0.3) is 22.1 Å². The summed E-state index contributed by atoms with van der Waals surface area (Å²) in [5.74, 6) is 1.59. The molecule has 29 heavy (non-hydrogen) atoms. The smallest absolute Gasteiger partial charge is 0.230 e. The average Bonchev–Trinajstić information content (AvgIpc) is 3.26. The van der Waals surface area contributed by atoms with Gasteiger partial charge in [-0.2, -0.15) is 0 Å². The molecule has 0 unspecified atom stereocenters. The Morgan fingerprint density at radius 2 is 1.48 bits per heavy atom. The first-order chi connectivity index (χ1) is 14.3. The van der Waals surface area contributed by atoms with Gasteiger partial charge in [0.2, 0.25) is 5.95 Å². The van der Waals surface area contributed by atoms with Crippen molar-refractivity contribution in [3.8, 4) is 0 Å². The molecule has 0 fully saturated rings. The standard InChI is InChI=1S/C24H29N5/c1-3-4-5-6-7-12-17-29-22-16-11-9-14-20(22)27-24(29)25-18-23-26-19-13-8-10-15-21(19)28(23)2/h8-11,13-16,18H,3-7,12,17H2,1-2H3. The second-order valence-corrected chi connectivity index (χ2v) is 7.60. The van der Waals surface area contributed by atoms with Crippen LogP contribution < -0.4 is 0 Å². The maximum Gasteiger partial charge on any atom is 0.230 e. The molecule has 5 heteroatoms. The van der Waals surface area contributed by atoms with Crippen LogP contribution in [0.5, 0.6) is 0 Å². The number of hydrogen-bond donors (Lipinski definition) is 0. The van der Waals surface area contributed by atoms with Crippen LogP contribution in [0.4, 0.5) is 5.95 Å². The van der Waals surface area contributed by atoms with Gasteiger partial charge in [0.05, 0.1) is 28.3 Å². The molecule has 0 saturated heterocycles. The fraction of sp³-hybridized carbons (Fsp3) is 0.375. The highest BCUT2D eigenvalue weighted by atomic mass is 15.2. The predicted molar refractivity (Wildman–Crippen MR) is 121 cm³/mol. The van der Waals surface area contributed by atoms with Crippen molar-refractivity contribution < 1.29 is 0 Å². The van der Waals surface area contributed by atoms with Crippen molar-refractivity contribution in [2.24, 2.45) is 12.0 Å². The first-order valence-electron chi connectivity index (χ1n) is 10.7. The Hall–Kier alpha value is -2.95. The quantitative estimate of drug-likeness (QED) is 0.260. The van der Waals surface area contributed by atoms with Crippen LogP contribution in [0.2, 0.25) is 0 Å². The zero-order valence-corrected chi connectivity index (χ0v) is 17.4. The van der Waals surface area contributed by atoms with Gasteiger partial charge >= 0.3 is 0 Å². The van der Waals surface area contributed by atoms with Crippen LogP contribution in [-0.4, -0.2) is 25.3 Å². The zero-order chi connectivity index (χ0) is 20.1. The largest absolute Gasteiger partial charge is 0.326 e. The highest BCUT2D eigenvalue weighted by Crippen LogP contribution is 2.23. The highest BCUT2D eigenvalue weighted by Gasteiger charge is 2.10. The number of aromatic nitrogens is 4. The van der Waals surface area contributed by atoms with Crippen molar-refractivity contribution in [3.05, 3.63) is 54.4 Å². The summed E-state index contributed by atoms with van der Waals surface area (Å²) in [6.45, 7) is 3.20. The van der Waals surface area contributed by atoms with Gasteiger partial charge in [-0.15, -0.1) is 0 Å². The third-order valence-electron chi connectivity index (χ3n) is 5.49. The van der Waals surface area contributed by atoms with Gasteiger partial charge < -0.3 is 9.13 Å². The third-order valence-corrected chi connectivity index (χ3v) is 5.49. The second kappa shape index (κ2) is 9.03. The molecule has 0 bridgehead atoms. The first-order valence-corrected chi connectivity index (χ1v) is 10.7. The van der Waals surface area contributed by atoms with Crippen LogP contribution in [0.15, 0.2) is 53.5 Å². The van der Waals surface area contributed by atoms with E-state index in [-0.39, 0.29) is 0 Å². The van der Waals surface area contributed by atoms with Crippen LogP contribution in [0.3, 0.4) is 0 Å². The van der Waals surface area contributed by atoms with E-state index in [1.807, 2.05) is 37.5 Å². The molecule has 0 amide bonds. The highest BCUT2D eigenvalue weighted by molar-refractivity contribution is 5.86. The third kappa shape index (κ3) is 4.24. The van der Waals surface area contributed by atoms with Crippen molar-refractivity contribution in [2.75, 3.05) is 0 Å². The van der Waals surface area contributed by atoms with E-state index < -0.39 is 0 Å². The fourth-order valence-electron chi connectivity index (χ4n) is 3.83. The lowest BCUT2D eigenvalue weighted by Gasteiger charge is -2.06. The summed E-state index contributed by atoms with van der Waals surface area (Å²) in [6, 6.07) is 16.4. The van der Waals surface area contributed by atoms with E-state index in [9.17, 15) is 0 Å². The molecule has 0 N–H and O–H groups in total. The maximum absolute atomic E-state index is 4.77. The molecule has 0 atom stereocenters. The maximum atomic E-state index is 4.77. The summed E-state index contributed by atoms with van der Waals surface area (Å²) >= 11 is 0. The Balaban J connectivity index is 1.57. The van der Waals surface area contributed by atoms with Crippen LogP contribution >= 0.6 is 0 Å². The monoisotopic (exact) mass is 387 g/mol. The molecule has 0 radical (unpaired) electrons. The number of nitrogens with zero attached hydrogens (tertiary/aromatic N) is 5. The molecule has 0 saturated carbocycles. The van der Waals surface area contributed by atoms with Crippen molar-refractivity contribution in [3.63, 3.8) is 0 Å². The summed E-state index contributed by atoms with van der Waals surface area (Å²) < 4.78 is 4.31. The second-order valence-electron chi connectivity index (χ2n) is 7.60. The van der Waals surface area contributed by atoms with Crippen molar-refractivity contribution in [1.82, 2.24) is 19.1 Å². The summed E-state index contributed by atoms with van der Waals surface area (Å²) in [6.07, 6.45) is 9.49. The number of para-hydroxylation sites is 4. The number of hydrogen-bond acceptors (Lipinski definition) is 3. The van der Waals surface area contributed by atoms with E-state index in [0.29, 0.717) is 0 Å². The molecule has 0 aliphatic heterocycles. The van der Waals surface area contributed by atoms with Gasteiger partial charge in [0.1, 0.15) is 0 Å². The van der Waals surface area contributed by atoms with Crippen molar-refractivity contribution in [2.45, 2.75) is 52.0 Å². The Kier molecular flexibility index (Phi) is 6.03. The SMILES string of the molecule is CCCCCCCCn1c(N=Cc2nc3ccccc3n2C)nc2ccccc21. The number of unbranched alkanes of at least 4 members (excludes halogenated alkanes) is 5. The zero-order valence-electron chi connectivity index (χ0n) is 17.4. The number of benzene rings is 2. The lowest BCUT2D eigenvalue weighted by molar-refractivity contribution is 0.565. The molecule has 150 valence electrons. The Labute approximate surface area is 172 Å². The van der Waals surface area contributed by atoms with Crippen molar-refractivity contribution >= 4 is 34.2 Å². The van der Waals surface area contributed by atoms with E-state index in [1.54, 1.807) is 0 Å². The van der Waals surface area contributed by atoms with E-state index in [4.69, 9.17) is 15.0 Å². The number of aryl methyl sites for hydroxylation is 2. The van der Waals surface area contributed by atoms with Gasteiger partial charge in [0.15, 0.2) is 5.82 Å². The molecule has 0 aliphatic carbocycles. The number of rotatable bonds is 9. The molecule has 2 aromatic carbocycles.